The Labute approximate surface area is 132 Å². The SMILES string of the molecule is CCCNC(=O)C1(C(=O)Nc2ccc(C(C)(C)C)cc2)CC1. The van der Waals surface area contributed by atoms with Gasteiger partial charge in [-0.2, -0.15) is 0 Å². The van der Waals surface area contributed by atoms with Crippen molar-refractivity contribution in [3.8, 4) is 0 Å². The van der Waals surface area contributed by atoms with E-state index in [0.29, 0.717) is 19.4 Å². The maximum atomic E-state index is 12.4. The summed E-state index contributed by atoms with van der Waals surface area (Å²) in [6.45, 7) is 9.07. The Morgan fingerprint density at radius 3 is 2.14 bits per heavy atom. The molecule has 4 nitrogen and oxygen atoms in total. The van der Waals surface area contributed by atoms with E-state index in [2.05, 4.69) is 31.4 Å². The molecule has 0 atom stereocenters. The maximum absolute atomic E-state index is 12.4. The number of carbonyl (C=O) groups excluding carboxylic acids is 2. The molecule has 1 aliphatic carbocycles. The van der Waals surface area contributed by atoms with Crippen molar-refractivity contribution in [3.05, 3.63) is 29.8 Å². The number of benzene rings is 1. The average Bonchev–Trinajstić information content (AvgIpc) is 3.26. The van der Waals surface area contributed by atoms with Crippen LogP contribution in [0.3, 0.4) is 0 Å². The largest absolute Gasteiger partial charge is 0.355 e. The zero-order valence-corrected chi connectivity index (χ0v) is 14.0. The molecule has 0 bridgehead atoms. The fourth-order valence-electron chi connectivity index (χ4n) is 2.39. The molecule has 0 radical (unpaired) electrons. The van der Waals surface area contributed by atoms with Gasteiger partial charge in [0, 0.05) is 12.2 Å². The van der Waals surface area contributed by atoms with E-state index in [-0.39, 0.29) is 17.2 Å². The molecule has 4 heteroatoms. The summed E-state index contributed by atoms with van der Waals surface area (Å²) in [4.78, 5) is 24.5. The Morgan fingerprint density at radius 1 is 1.09 bits per heavy atom. The van der Waals surface area contributed by atoms with E-state index < -0.39 is 5.41 Å². The van der Waals surface area contributed by atoms with Crippen molar-refractivity contribution in [1.82, 2.24) is 5.32 Å². The second-order valence-corrected chi connectivity index (χ2v) is 7.12. The molecule has 1 aromatic carbocycles. The van der Waals surface area contributed by atoms with E-state index in [1.165, 1.54) is 5.56 Å². The zero-order chi connectivity index (χ0) is 16.4. The van der Waals surface area contributed by atoms with Crippen molar-refractivity contribution < 1.29 is 9.59 Å². The number of rotatable bonds is 5. The first-order valence-corrected chi connectivity index (χ1v) is 8.00. The van der Waals surface area contributed by atoms with Gasteiger partial charge >= 0.3 is 0 Å². The predicted molar refractivity (Wildman–Crippen MR) is 88.7 cm³/mol. The van der Waals surface area contributed by atoms with Crippen LogP contribution < -0.4 is 10.6 Å². The van der Waals surface area contributed by atoms with Crippen LogP contribution in [0.1, 0.15) is 52.5 Å². The van der Waals surface area contributed by atoms with Gasteiger partial charge in [-0.1, -0.05) is 39.8 Å². The van der Waals surface area contributed by atoms with Gasteiger partial charge in [0.05, 0.1) is 0 Å². The molecule has 120 valence electrons. The molecule has 0 spiro atoms. The van der Waals surface area contributed by atoms with Gasteiger partial charge in [0.1, 0.15) is 5.41 Å². The summed E-state index contributed by atoms with van der Waals surface area (Å²) in [6, 6.07) is 7.84. The van der Waals surface area contributed by atoms with E-state index in [0.717, 1.165) is 12.1 Å². The summed E-state index contributed by atoms with van der Waals surface area (Å²) < 4.78 is 0. The Bertz CT molecular complexity index is 551. The topological polar surface area (TPSA) is 58.2 Å². The van der Waals surface area contributed by atoms with E-state index in [1.807, 2.05) is 31.2 Å². The molecule has 1 aromatic rings. The minimum Gasteiger partial charge on any atom is -0.355 e. The molecule has 0 aliphatic heterocycles. The number of carbonyl (C=O) groups is 2. The van der Waals surface area contributed by atoms with Gasteiger partial charge in [0.15, 0.2) is 0 Å². The fourth-order valence-corrected chi connectivity index (χ4v) is 2.39. The molecule has 2 N–H and O–H groups in total. The van der Waals surface area contributed by atoms with Crippen LogP contribution in [0.4, 0.5) is 5.69 Å². The molecule has 0 aromatic heterocycles. The molecular formula is C18H26N2O2. The van der Waals surface area contributed by atoms with Crippen molar-refractivity contribution in [2.45, 2.75) is 52.4 Å². The third-order valence-electron chi connectivity index (χ3n) is 4.16. The zero-order valence-electron chi connectivity index (χ0n) is 14.0. The van der Waals surface area contributed by atoms with E-state index in [9.17, 15) is 9.59 Å². The van der Waals surface area contributed by atoms with Crippen molar-refractivity contribution in [2.24, 2.45) is 5.41 Å². The second-order valence-electron chi connectivity index (χ2n) is 7.12. The van der Waals surface area contributed by atoms with Crippen LogP contribution in [-0.2, 0) is 15.0 Å². The maximum Gasteiger partial charge on any atom is 0.240 e. The van der Waals surface area contributed by atoms with Crippen molar-refractivity contribution in [2.75, 3.05) is 11.9 Å². The first kappa shape index (κ1) is 16.5. The summed E-state index contributed by atoms with van der Waals surface area (Å²) in [6.07, 6.45) is 2.14. The molecule has 0 heterocycles. The Kier molecular flexibility index (Phi) is 4.59. The van der Waals surface area contributed by atoms with Crippen LogP contribution >= 0.6 is 0 Å². The van der Waals surface area contributed by atoms with Crippen molar-refractivity contribution in [1.29, 1.82) is 0 Å². The minimum atomic E-state index is -0.849. The molecule has 2 amide bonds. The lowest BCUT2D eigenvalue weighted by atomic mass is 9.87. The van der Waals surface area contributed by atoms with Gasteiger partial charge in [-0.15, -0.1) is 0 Å². The van der Waals surface area contributed by atoms with Gasteiger partial charge in [-0.3, -0.25) is 9.59 Å². The highest BCUT2D eigenvalue weighted by Gasteiger charge is 2.56. The Morgan fingerprint density at radius 2 is 1.68 bits per heavy atom. The number of anilines is 1. The quantitative estimate of drug-likeness (QED) is 0.820. The molecule has 1 fully saturated rings. The predicted octanol–water partition coefficient (Wildman–Crippen LogP) is 3.23. The molecule has 1 saturated carbocycles. The monoisotopic (exact) mass is 302 g/mol. The highest BCUT2D eigenvalue weighted by Crippen LogP contribution is 2.46. The Balaban J connectivity index is 2.02. The number of hydrogen-bond donors (Lipinski definition) is 2. The summed E-state index contributed by atoms with van der Waals surface area (Å²) in [7, 11) is 0. The van der Waals surface area contributed by atoms with E-state index in [4.69, 9.17) is 0 Å². The molecular weight excluding hydrogens is 276 g/mol. The molecule has 1 aliphatic rings. The number of nitrogens with one attached hydrogen (secondary N) is 2. The first-order chi connectivity index (χ1) is 10.3. The summed E-state index contributed by atoms with van der Waals surface area (Å²) in [5.74, 6) is -0.331. The smallest absolute Gasteiger partial charge is 0.240 e. The molecule has 2 rings (SSSR count). The van der Waals surface area contributed by atoms with Gasteiger partial charge in [0.2, 0.25) is 11.8 Å². The van der Waals surface area contributed by atoms with E-state index in [1.54, 1.807) is 0 Å². The summed E-state index contributed by atoms with van der Waals surface area (Å²) >= 11 is 0. The van der Waals surface area contributed by atoms with Crippen LogP contribution in [-0.4, -0.2) is 18.4 Å². The molecule has 0 unspecified atom stereocenters. The summed E-state index contributed by atoms with van der Waals surface area (Å²) in [5, 5.41) is 5.71. The van der Waals surface area contributed by atoms with Gasteiger partial charge in [-0.25, -0.2) is 0 Å². The Hall–Kier alpha value is -1.84. The summed E-state index contributed by atoms with van der Waals surface area (Å²) in [5.41, 5.74) is 1.19. The molecule has 0 saturated heterocycles. The van der Waals surface area contributed by atoms with Gasteiger partial charge in [0.25, 0.3) is 0 Å². The first-order valence-electron chi connectivity index (χ1n) is 8.00. The van der Waals surface area contributed by atoms with E-state index >= 15 is 0 Å². The van der Waals surface area contributed by atoms with Gasteiger partial charge < -0.3 is 10.6 Å². The van der Waals surface area contributed by atoms with Crippen molar-refractivity contribution >= 4 is 17.5 Å². The number of hydrogen-bond acceptors (Lipinski definition) is 2. The van der Waals surface area contributed by atoms with Gasteiger partial charge in [-0.05, 0) is 42.4 Å². The third-order valence-corrected chi connectivity index (χ3v) is 4.16. The minimum absolute atomic E-state index is 0.0836. The van der Waals surface area contributed by atoms with Crippen LogP contribution in [0, 0.1) is 5.41 Å². The highest BCUT2D eigenvalue weighted by atomic mass is 16.2. The number of amides is 2. The van der Waals surface area contributed by atoms with Crippen LogP contribution in [0.15, 0.2) is 24.3 Å². The van der Waals surface area contributed by atoms with Crippen LogP contribution in [0.25, 0.3) is 0 Å². The normalized spacial score (nSPS) is 16.0. The third kappa shape index (κ3) is 3.49. The molecule has 22 heavy (non-hydrogen) atoms. The lowest BCUT2D eigenvalue weighted by molar-refractivity contribution is -0.134. The van der Waals surface area contributed by atoms with Crippen molar-refractivity contribution in [3.63, 3.8) is 0 Å². The van der Waals surface area contributed by atoms with Crippen LogP contribution in [0.2, 0.25) is 0 Å². The standard InChI is InChI=1S/C18H26N2O2/c1-5-12-19-15(21)18(10-11-18)16(22)20-14-8-6-13(7-9-14)17(2,3)4/h6-9H,5,10-12H2,1-4H3,(H,19,21)(H,20,22). The fraction of sp³-hybridized carbons (Fsp3) is 0.556. The second kappa shape index (κ2) is 6.11. The lowest BCUT2D eigenvalue weighted by Crippen LogP contribution is -2.40. The average molecular weight is 302 g/mol. The highest BCUT2D eigenvalue weighted by molar-refractivity contribution is 6.13. The van der Waals surface area contributed by atoms with Crippen LogP contribution in [0.5, 0.6) is 0 Å². The lowest BCUT2D eigenvalue weighted by Gasteiger charge is -2.20.